The summed E-state index contributed by atoms with van der Waals surface area (Å²) in [5.41, 5.74) is 1.89. The van der Waals surface area contributed by atoms with Crippen LogP contribution in [0.3, 0.4) is 0 Å². The lowest BCUT2D eigenvalue weighted by Gasteiger charge is -2.36. The molecule has 4 rings (SSSR count). The van der Waals surface area contributed by atoms with Crippen LogP contribution in [-0.2, 0) is 6.42 Å². The van der Waals surface area contributed by atoms with Crippen molar-refractivity contribution in [2.75, 3.05) is 25.1 Å². The lowest BCUT2D eigenvalue weighted by molar-refractivity contribution is 0.0926. The highest BCUT2D eigenvalue weighted by Crippen LogP contribution is 2.41. The lowest BCUT2D eigenvalue weighted by atomic mass is 9.88. The first-order chi connectivity index (χ1) is 14.4. The smallest absolute Gasteiger partial charge is 0.270 e. The second-order valence-corrected chi connectivity index (χ2v) is 8.96. The first-order valence-electron chi connectivity index (χ1n) is 10.7. The topological polar surface area (TPSA) is 54.5 Å². The molecule has 30 heavy (non-hydrogen) atoms. The van der Waals surface area contributed by atoms with Gasteiger partial charge in [-0.15, -0.1) is 0 Å². The molecule has 2 atom stereocenters. The summed E-state index contributed by atoms with van der Waals surface area (Å²) in [7, 11) is 1.58. The zero-order valence-corrected chi connectivity index (χ0v) is 18.0. The highest BCUT2D eigenvalue weighted by atomic mass is 19.1. The summed E-state index contributed by atoms with van der Waals surface area (Å²) in [5, 5.41) is 3.15. The summed E-state index contributed by atoms with van der Waals surface area (Å²) in [4.78, 5) is 19.6. The standard InChI is InChI=1S/C24H30FN3O2/c1-16-7-11-28(15-17(16)2)20-6-10-26-21(13-20)23(29)27-24(8-9-24)14-18-12-19(25)4-5-22(18)30-3/h4-6,10,12-13,16-17H,7-9,11,14-15H2,1-3H3,(H,27,29). The highest BCUT2D eigenvalue weighted by Gasteiger charge is 2.45. The molecule has 1 N–H and O–H groups in total. The molecule has 1 aliphatic heterocycles. The Bertz CT molecular complexity index is 928. The van der Waals surface area contributed by atoms with Gasteiger partial charge in [-0.2, -0.15) is 0 Å². The Balaban J connectivity index is 1.46. The fourth-order valence-electron chi connectivity index (χ4n) is 4.29. The van der Waals surface area contributed by atoms with E-state index in [1.165, 1.54) is 12.1 Å². The third-order valence-corrected chi connectivity index (χ3v) is 6.68. The van der Waals surface area contributed by atoms with Crippen LogP contribution in [0.25, 0.3) is 0 Å². The van der Waals surface area contributed by atoms with Crippen molar-refractivity contribution in [2.45, 2.75) is 45.1 Å². The van der Waals surface area contributed by atoms with Crippen LogP contribution >= 0.6 is 0 Å². The number of halogens is 1. The Hall–Kier alpha value is -2.63. The molecule has 2 unspecified atom stereocenters. The van der Waals surface area contributed by atoms with Gasteiger partial charge in [0.25, 0.3) is 5.91 Å². The number of methoxy groups -OCH3 is 1. The number of anilines is 1. The monoisotopic (exact) mass is 411 g/mol. The van der Waals surface area contributed by atoms with E-state index < -0.39 is 0 Å². The number of rotatable bonds is 6. The van der Waals surface area contributed by atoms with E-state index in [2.05, 4.69) is 29.0 Å². The molecular weight excluding hydrogens is 381 g/mol. The van der Waals surface area contributed by atoms with Gasteiger partial charge in [0.1, 0.15) is 17.3 Å². The van der Waals surface area contributed by atoms with Gasteiger partial charge in [0, 0.05) is 30.5 Å². The number of nitrogens with zero attached hydrogens (tertiary/aromatic N) is 2. The van der Waals surface area contributed by atoms with Gasteiger partial charge in [-0.05, 0) is 73.4 Å². The largest absolute Gasteiger partial charge is 0.496 e. The Morgan fingerprint density at radius 2 is 2.07 bits per heavy atom. The van der Waals surface area contributed by atoms with Crippen molar-refractivity contribution in [3.63, 3.8) is 0 Å². The Kier molecular flexibility index (Phi) is 5.67. The minimum absolute atomic E-state index is 0.178. The van der Waals surface area contributed by atoms with Crippen LogP contribution in [0, 0.1) is 17.7 Å². The predicted octanol–water partition coefficient (Wildman–Crippen LogP) is 4.22. The van der Waals surface area contributed by atoms with Crippen LogP contribution < -0.4 is 15.0 Å². The van der Waals surface area contributed by atoms with Crippen molar-refractivity contribution < 1.29 is 13.9 Å². The number of aromatic nitrogens is 1. The summed E-state index contributed by atoms with van der Waals surface area (Å²) >= 11 is 0. The Morgan fingerprint density at radius 1 is 1.27 bits per heavy atom. The van der Waals surface area contributed by atoms with Gasteiger partial charge in [0.2, 0.25) is 0 Å². The van der Waals surface area contributed by atoms with Crippen molar-refractivity contribution in [1.29, 1.82) is 0 Å². The average Bonchev–Trinajstić information content (AvgIpc) is 3.49. The number of benzene rings is 1. The Labute approximate surface area is 177 Å². The van der Waals surface area contributed by atoms with Crippen molar-refractivity contribution >= 4 is 11.6 Å². The molecule has 6 heteroatoms. The minimum Gasteiger partial charge on any atom is -0.496 e. The summed E-state index contributed by atoms with van der Waals surface area (Å²) in [6, 6.07) is 8.37. The summed E-state index contributed by atoms with van der Waals surface area (Å²) in [6.07, 6.45) is 5.13. The SMILES string of the molecule is COc1ccc(F)cc1CC1(NC(=O)c2cc(N3CCC(C)C(C)C3)ccn2)CC1. The summed E-state index contributed by atoms with van der Waals surface area (Å²) in [5.74, 6) is 1.52. The molecule has 1 aliphatic carbocycles. The molecule has 1 saturated heterocycles. The number of hydrogen-bond acceptors (Lipinski definition) is 4. The lowest BCUT2D eigenvalue weighted by Crippen LogP contribution is -2.40. The molecule has 2 fully saturated rings. The third-order valence-electron chi connectivity index (χ3n) is 6.68. The van der Waals surface area contributed by atoms with Gasteiger partial charge in [0.05, 0.1) is 7.11 Å². The van der Waals surface area contributed by atoms with Crippen LogP contribution in [0.15, 0.2) is 36.5 Å². The number of ether oxygens (including phenoxy) is 1. The number of amides is 1. The maximum atomic E-state index is 13.7. The number of nitrogens with one attached hydrogen (secondary N) is 1. The third kappa shape index (κ3) is 4.42. The number of piperidine rings is 1. The molecule has 5 nitrogen and oxygen atoms in total. The molecule has 0 spiro atoms. The van der Waals surface area contributed by atoms with Crippen molar-refractivity contribution in [2.24, 2.45) is 11.8 Å². The van der Waals surface area contributed by atoms with E-state index in [0.29, 0.717) is 23.8 Å². The van der Waals surface area contributed by atoms with Crippen molar-refractivity contribution in [1.82, 2.24) is 10.3 Å². The molecular formula is C24H30FN3O2. The zero-order chi connectivity index (χ0) is 21.3. The molecule has 1 aromatic carbocycles. The molecule has 0 radical (unpaired) electrons. The molecule has 2 heterocycles. The fraction of sp³-hybridized carbons (Fsp3) is 0.500. The second-order valence-electron chi connectivity index (χ2n) is 8.96. The van der Waals surface area contributed by atoms with Crippen LogP contribution in [0.1, 0.15) is 49.2 Å². The number of carbonyl (C=O) groups is 1. The highest BCUT2D eigenvalue weighted by molar-refractivity contribution is 5.94. The maximum Gasteiger partial charge on any atom is 0.270 e. The number of hydrogen-bond donors (Lipinski definition) is 1. The quantitative estimate of drug-likeness (QED) is 0.773. The molecule has 1 saturated carbocycles. The normalized spacial score (nSPS) is 22.5. The van der Waals surface area contributed by atoms with Gasteiger partial charge < -0.3 is 15.0 Å². The second kappa shape index (κ2) is 8.25. The van der Waals surface area contributed by atoms with E-state index in [1.807, 2.05) is 12.1 Å². The van der Waals surface area contributed by atoms with E-state index >= 15 is 0 Å². The number of carbonyl (C=O) groups excluding carboxylic acids is 1. The fourth-order valence-corrected chi connectivity index (χ4v) is 4.29. The minimum atomic E-state index is -0.356. The van der Waals surface area contributed by atoms with E-state index in [0.717, 1.165) is 49.5 Å². The van der Waals surface area contributed by atoms with Crippen molar-refractivity contribution in [3.05, 3.63) is 53.6 Å². The number of pyridine rings is 1. The molecule has 1 amide bonds. The first-order valence-corrected chi connectivity index (χ1v) is 10.7. The van der Waals surface area contributed by atoms with Gasteiger partial charge in [-0.3, -0.25) is 9.78 Å². The van der Waals surface area contributed by atoms with E-state index in [1.54, 1.807) is 19.4 Å². The van der Waals surface area contributed by atoms with Crippen LogP contribution in [0.4, 0.5) is 10.1 Å². The molecule has 0 bridgehead atoms. The van der Waals surface area contributed by atoms with Crippen LogP contribution in [0.5, 0.6) is 5.75 Å². The molecule has 2 aliphatic rings. The van der Waals surface area contributed by atoms with Gasteiger partial charge in [-0.1, -0.05) is 13.8 Å². The van der Waals surface area contributed by atoms with Gasteiger partial charge in [-0.25, -0.2) is 4.39 Å². The average molecular weight is 412 g/mol. The van der Waals surface area contributed by atoms with E-state index in [9.17, 15) is 9.18 Å². The molecule has 2 aromatic rings. The predicted molar refractivity (Wildman–Crippen MR) is 115 cm³/mol. The van der Waals surface area contributed by atoms with Gasteiger partial charge in [0.15, 0.2) is 0 Å². The molecule has 1 aromatic heterocycles. The van der Waals surface area contributed by atoms with Crippen molar-refractivity contribution in [3.8, 4) is 5.75 Å². The molecule has 160 valence electrons. The summed E-state index contributed by atoms with van der Waals surface area (Å²) in [6.45, 7) is 6.58. The Morgan fingerprint density at radius 3 is 2.77 bits per heavy atom. The van der Waals surface area contributed by atoms with Crippen LogP contribution in [-0.4, -0.2) is 36.6 Å². The van der Waals surface area contributed by atoms with Crippen LogP contribution in [0.2, 0.25) is 0 Å². The van der Waals surface area contributed by atoms with E-state index in [4.69, 9.17) is 4.74 Å². The maximum absolute atomic E-state index is 13.7. The summed E-state index contributed by atoms with van der Waals surface area (Å²) < 4.78 is 19.1. The van der Waals surface area contributed by atoms with Gasteiger partial charge >= 0.3 is 0 Å². The van der Waals surface area contributed by atoms with E-state index in [-0.39, 0.29) is 17.3 Å². The zero-order valence-electron chi connectivity index (χ0n) is 18.0. The first kappa shape index (κ1) is 20.6.